The molecule has 3 atom stereocenters. The number of aryl methyl sites for hydroxylation is 2. The standard InChI is InChI=1S/C30H31ClN4O5/c1-16-29(17(2)40-33-16)19-5-8-24-23(14-19)32-30(35(24)20-6-4-18(12-20)13-28(37)38)25-9-11-27(36)34(25)21-7-10-26(39-3)22(31)15-21/h5,7-8,10,14-15,18,20,25H,4,6,9,11-13H2,1-3H3,(H,37,38)/t18?,20-,25?/m1/s1. The quantitative estimate of drug-likeness (QED) is 0.268. The third kappa shape index (κ3) is 4.52. The zero-order chi connectivity index (χ0) is 28.1. The molecular formula is C30H31ClN4O5. The van der Waals surface area contributed by atoms with Gasteiger partial charge in [0.2, 0.25) is 5.91 Å². The molecule has 10 heteroatoms. The number of carboxylic acids is 1. The van der Waals surface area contributed by atoms with Crippen LogP contribution in [-0.4, -0.2) is 38.8 Å². The Morgan fingerprint density at radius 3 is 2.70 bits per heavy atom. The van der Waals surface area contributed by atoms with Crippen molar-refractivity contribution >= 4 is 40.2 Å². The van der Waals surface area contributed by atoms with Crippen LogP contribution in [-0.2, 0) is 9.59 Å². The van der Waals surface area contributed by atoms with Crippen molar-refractivity contribution in [3.63, 3.8) is 0 Å². The number of carboxylic acid groups (broad SMARTS) is 1. The molecule has 3 heterocycles. The van der Waals surface area contributed by atoms with Gasteiger partial charge in [-0.3, -0.25) is 9.59 Å². The molecule has 1 amide bonds. The van der Waals surface area contributed by atoms with E-state index in [-0.39, 0.29) is 30.3 Å². The van der Waals surface area contributed by atoms with Gasteiger partial charge in [0.15, 0.2) is 0 Å². The number of nitrogens with zero attached hydrogens (tertiary/aromatic N) is 4. The van der Waals surface area contributed by atoms with Gasteiger partial charge in [0.25, 0.3) is 0 Å². The van der Waals surface area contributed by atoms with Crippen molar-refractivity contribution in [1.82, 2.24) is 14.7 Å². The average molecular weight is 563 g/mol. The van der Waals surface area contributed by atoms with Crippen LogP contribution in [0.5, 0.6) is 5.75 Å². The third-order valence-electron chi connectivity index (χ3n) is 8.30. The summed E-state index contributed by atoms with van der Waals surface area (Å²) < 4.78 is 13.0. The lowest BCUT2D eigenvalue weighted by atomic mass is 10.0. The highest BCUT2D eigenvalue weighted by Crippen LogP contribution is 2.45. The molecule has 2 aromatic carbocycles. The molecule has 208 valence electrons. The number of aromatic nitrogens is 3. The normalized spacial score (nSPS) is 21.1. The van der Waals surface area contributed by atoms with Crippen LogP contribution in [0.2, 0.25) is 5.02 Å². The number of carbonyl (C=O) groups is 2. The zero-order valence-corrected chi connectivity index (χ0v) is 23.4. The first-order valence-electron chi connectivity index (χ1n) is 13.6. The molecular weight excluding hydrogens is 532 g/mol. The Bertz CT molecular complexity index is 1610. The SMILES string of the molecule is COc1ccc(N2C(=O)CCC2c2nc3cc(-c4c(C)noc4C)ccc3n2[C@@H]2CCC(CC(=O)O)C2)cc1Cl. The molecule has 2 aromatic heterocycles. The number of anilines is 1. The first kappa shape index (κ1) is 26.4. The molecule has 1 saturated carbocycles. The third-order valence-corrected chi connectivity index (χ3v) is 8.60. The smallest absolute Gasteiger partial charge is 0.303 e. The number of amides is 1. The van der Waals surface area contributed by atoms with E-state index in [0.717, 1.165) is 58.7 Å². The number of benzene rings is 2. The second kappa shape index (κ2) is 10.3. The fraction of sp³-hybridized carbons (Fsp3) is 0.400. The van der Waals surface area contributed by atoms with Gasteiger partial charge in [-0.2, -0.15) is 0 Å². The van der Waals surface area contributed by atoms with E-state index in [2.05, 4.69) is 27.9 Å². The molecule has 0 bridgehead atoms. The van der Waals surface area contributed by atoms with Crippen LogP contribution in [0.3, 0.4) is 0 Å². The summed E-state index contributed by atoms with van der Waals surface area (Å²) in [5, 5.41) is 14.0. The van der Waals surface area contributed by atoms with Crippen molar-refractivity contribution in [2.45, 2.75) is 64.5 Å². The number of hydrogen-bond donors (Lipinski definition) is 1. The fourth-order valence-electron chi connectivity index (χ4n) is 6.56. The van der Waals surface area contributed by atoms with Crippen molar-refractivity contribution in [2.75, 3.05) is 12.0 Å². The molecule has 1 saturated heterocycles. The lowest BCUT2D eigenvalue weighted by Crippen LogP contribution is -2.29. The average Bonchev–Trinajstić information content (AvgIpc) is 3.68. The minimum absolute atomic E-state index is 0.0106. The first-order valence-corrected chi connectivity index (χ1v) is 14.0. The van der Waals surface area contributed by atoms with Crippen LogP contribution in [0.1, 0.15) is 67.9 Å². The number of methoxy groups -OCH3 is 1. The van der Waals surface area contributed by atoms with E-state index in [1.165, 1.54) is 0 Å². The Kier molecular flexibility index (Phi) is 6.78. The number of fused-ring (bicyclic) bond motifs is 1. The highest BCUT2D eigenvalue weighted by Gasteiger charge is 2.39. The molecule has 1 N–H and O–H groups in total. The maximum Gasteiger partial charge on any atom is 0.303 e. The van der Waals surface area contributed by atoms with Gasteiger partial charge in [-0.15, -0.1) is 0 Å². The summed E-state index contributed by atoms with van der Waals surface area (Å²) in [6, 6.07) is 11.4. The highest BCUT2D eigenvalue weighted by molar-refractivity contribution is 6.32. The summed E-state index contributed by atoms with van der Waals surface area (Å²) in [5.41, 5.74) is 5.22. The molecule has 9 nitrogen and oxygen atoms in total. The van der Waals surface area contributed by atoms with Crippen LogP contribution in [0, 0.1) is 19.8 Å². The monoisotopic (exact) mass is 562 g/mol. The number of rotatable bonds is 7. The van der Waals surface area contributed by atoms with Crippen LogP contribution < -0.4 is 9.64 Å². The fourth-order valence-corrected chi connectivity index (χ4v) is 6.81. The number of imidazole rings is 1. The summed E-state index contributed by atoms with van der Waals surface area (Å²) in [4.78, 5) is 31.7. The van der Waals surface area contributed by atoms with Crippen LogP contribution in [0.15, 0.2) is 40.9 Å². The van der Waals surface area contributed by atoms with E-state index in [4.69, 9.17) is 25.8 Å². The summed E-state index contributed by atoms with van der Waals surface area (Å²) in [6.45, 7) is 3.82. The minimum Gasteiger partial charge on any atom is -0.495 e. The molecule has 2 aliphatic rings. The van der Waals surface area contributed by atoms with Crippen molar-refractivity contribution < 1.29 is 24.0 Å². The maximum absolute atomic E-state index is 13.3. The summed E-state index contributed by atoms with van der Waals surface area (Å²) in [6.07, 6.45) is 3.63. The number of ether oxygens (including phenoxy) is 1. The lowest BCUT2D eigenvalue weighted by molar-refractivity contribution is -0.138. The van der Waals surface area contributed by atoms with Gasteiger partial charge < -0.3 is 23.8 Å². The molecule has 1 aliphatic carbocycles. The number of carbonyl (C=O) groups excluding carboxylic acids is 1. The predicted molar refractivity (Wildman–Crippen MR) is 151 cm³/mol. The van der Waals surface area contributed by atoms with Gasteiger partial charge in [0, 0.05) is 30.1 Å². The largest absolute Gasteiger partial charge is 0.495 e. The maximum atomic E-state index is 13.3. The van der Waals surface area contributed by atoms with E-state index >= 15 is 0 Å². The van der Waals surface area contributed by atoms with Gasteiger partial charge in [-0.25, -0.2) is 4.98 Å². The molecule has 4 aromatic rings. The highest BCUT2D eigenvalue weighted by atomic mass is 35.5. The molecule has 0 radical (unpaired) electrons. The molecule has 0 spiro atoms. The number of halogens is 1. The Balaban J connectivity index is 1.47. The molecule has 6 rings (SSSR count). The summed E-state index contributed by atoms with van der Waals surface area (Å²) in [5.74, 6) is 1.45. The van der Waals surface area contributed by atoms with Gasteiger partial charge in [0.05, 0.1) is 34.9 Å². The van der Waals surface area contributed by atoms with Gasteiger partial charge in [-0.1, -0.05) is 22.8 Å². The second-order valence-corrected chi connectivity index (χ2v) is 11.2. The minimum atomic E-state index is -0.769. The van der Waals surface area contributed by atoms with Gasteiger partial charge in [0.1, 0.15) is 17.3 Å². The van der Waals surface area contributed by atoms with Crippen LogP contribution >= 0.6 is 11.6 Å². The molecule has 40 heavy (non-hydrogen) atoms. The first-order chi connectivity index (χ1) is 19.2. The molecule has 2 unspecified atom stereocenters. The predicted octanol–water partition coefficient (Wildman–Crippen LogP) is 6.65. The van der Waals surface area contributed by atoms with Crippen molar-refractivity contribution in [1.29, 1.82) is 0 Å². The van der Waals surface area contributed by atoms with Gasteiger partial charge in [-0.05, 0) is 81.3 Å². The lowest BCUT2D eigenvalue weighted by Gasteiger charge is -2.27. The van der Waals surface area contributed by atoms with Crippen molar-refractivity contribution in [3.8, 4) is 16.9 Å². The van der Waals surface area contributed by atoms with Crippen molar-refractivity contribution in [3.05, 3.63) is 58.7 Å². The Morgan fingerprint density at radius 2 is 2.00 bits per heavy atom. The summed E-state index contributed by atoms with van der Waals surface area (Å²) >= 11 is 6.45. The van der Waals surface area contributed by atoms with Crippen LogP contribution in [0.25, 0.3) is 22.2 Å². The topological polar surface area (TPSA) is 111 Å². The Morgan fingerprint density at radius 1 is 1.18 bits per heavy atom. The summed E-state index contributed by atoms with van der Waals surface area (Å²) in [7, 11) is 1.56. The number of aliphatic carboxylic acids is 1. The number of hydrogen-bond acceptors (Lipinski definition) is 6. The Labute approximate surface area is 236 Å². The Hall–Kier alpha value is -3.85. The van der Waals surface area contributed by atoms with E-state index in [1.807, 2.05) is 19.9 Å². The molecule has 2 fully saturated rings. The van der Waals surface area contributed by atoms with E-state index in [1.54, 1.807) is 24.1 Å². The second-order valence-electron chi connectivity index (χ2n) is 10.8. The zero-order valence-electron chi connectivity index (χ0n) is 22.7. The van der Waals surface area contributed by atoms with E-state index in [9.17, 15) is 14.7 Å². The van der Waals surface area contributed by atoms with E-state index in [0.29, 0.717) is 29.3 Å². The van der Waals surface area contributed by atoms with Crippen molar-refractivity contribution in [2.24, 2.45) is 5.92 Å². The van der Waals surface area contributed by atoms with Crippen LogP contribution in [0.4, 0.5) is 5.69 Å². The van der Waals surface area contributed by atoms with E-state index < -0.39 is 5.97 Å². The van der Waals surface area contributed by atoms with Gasteiger partial charge >= 0.3 is 5.97 Å². The molecule has 1 aliphatic heterocycles.